The van der Waals surface area contributed by atoms with E-state index in [0.717, 1.165) is 27.5 Å². The van der Waals surface area contributed by atoms with Crippen LogP contribution in [0.15, 0.2) is 66.5 Å². The molecule has 2 amide bonds. The molecule has 1 aliphatic heterocycles. The van der Waals surface area contributed by atoms with Gasteiger partial charge >= 0.3 is 6.03 Å². The Labute approximate surface area is 149 Å². The first-order chi connectivity index (χ1) is 12.1. The molecule has 0 unspecified atom stereocenters. The van der Waals surface area contributed by atoms with Gasteiger partial charge in [-0.15, -0.1) is 10.2 Å². The molecule has 0 spiro atoms. The lowest BCUT2D eigenvalue weighted by Gasteiger charge is -2.27. The zero-order chi connectivity index (χ0) is 17.8. The average molecular weight is 351 g/mol. The molecule has 126 valence electrons. The second-order valence-electron chi connectivity index (χ2n) is 5.26. The van der Waals surface area contributed by atoms with E-state index in [4.69, 9.17) is 5.73 Å². The van der Waals surface area contributed by atoms with Crippen molar-refractivity contribution in [3.63, 3.8) is 0 Å². The average Bonchev–Trinajstić information content (AvgIpc) is 3.11. The molecular formula is C18H17N5OS. The maximum Gasteiger partial charge on any atom is 0.316 e. The summed E-state index contributed by atoms with van der Waals surface area (Å²) in [6.07, 6.45) is 7.88. The van der Waals surface area contributed by atoms with Crippen LogP contribution in [0.2, 0.25) is 0 Å². The van der Waals surface area contributed by atoms with Gasteiger partial charge < -0.3 is 16.0 Å². The van der Waals surface area contributed by atoms with Gasteiger partial charge in [-0.25, -0.2) is 4.79 Å². The number of carbonyl (C=O) groups excluding carboxylic acids is 1. The Hall–Kier alpha value is -3.19. The highest BCUT2D eigenvalue weighted by Crippen LogP contribution is 2.31. The lowest BCUT2D eigenvalue weighted by atomic mass is 10.1. The summed E-state index contributed by atoms with van der Waals surface area (Å²) in [5, 5.41) is 11.4. The van der Waals surface area contributed by atoms with Crippen LogP contribution in [0, 0.1) is 0 Å². The number of nitrogens with one attached hydrogen (secondary N) is 1. The minimum absolute atomic E-state index is 0.592. The van der Waals surface area contributed by atoms with Crippen LogP contribution in [0.4, 0.5) is 10.5 Å². The number of nitrogens with zero attached hydrogens (tertiary/aromatic N) is 3. The Morgan fingerprint density at radius 2 is 2.28 bits per heavy atom. The number of benzene rings is 1. The smallest absolute Gasteiger partial charge is 0.316 e. The van der Waals surface area contributed by atoms with E-state index in [1.165, 1.54) is 11.3 Å². The number of anilines is 1. The molecule has 2 aromatic rings. The molecule has 1 aromatic carbocycles. The van der Waals surface area contributed by atoms with Crippen molar-refractivity contribution in [2.45, 2.75) is 6.92 Å². The Balaban J connectivity index is 1.87. The van der Waals surface area contributed by atoms with E-state index >= 15 is 0 Å². The molecule has 1 aliphatic rings. The number of amides is 2. The number of hydrogen-bond acceptors (Lipinski definition) is 5. The van der Waals surface area contributed by atoms with Crippen LogP contribution in [0.5, 0.6) is 0 Å². The topological polar surface area (TPSA) is 84.1 Å². The monoisotopic (exact) mass is 351 g/mol. The summed E-state index contributed by atoms with van der Waals surface area (Å²) < 4.78 is 0. The molecule has 1 aromatic heterocycles. The van der Waals surface area contributed by atoms with Gasteiger partial charge in [-0.1, -0.05) is 36.1 Å². The van der Waals surface area contributed by atoms with Gasteiger partial charge in [0.25, 0.3) is 0 Å². The summed E-state index contributed by atoms with van der Waals surface area (Å²) >= 11 is 1.48. The Bertz CT molecular complexity index is 896. The fraction of sp³-hybridized carbons (Fsp3) is 0.0556. The molecule has 3 N–H and O–H groups in total. The van der Waals surface area contributed by atoms with Gasteiger partial charge in [0.1, 0.15) is 10.5 Å². The quantitative estimate of drug-likeness (QED) is 0.877. The SMILES string of the molecule is C=C1C=C(c2nncs2)C=CN1/C(=C\C)c1cccc(NC(N)=O)c1. The minimum Gasteiger partial charge on any atom is -0.351 e. The first kappa shape index (κ1) is 16.7. The summed E-state index contributed by atoms with van der Waals surface area (Å²) in [6, 6.07) is 6.89. The van der Waals surface area contributed by atoms with E-state index in [9.17, 15) is 4.79 Å². The summed E-state index contributed by atoms with van der Waals surface area (Å²) in [5.74, 6) is 0. The second-order valence-corrected chi connectivity index (χ2v) is 6.10. The van der Waals surface area contributed by atoms with Gasteiger partial charge in [0.05, 0.1) is 0 Å². The molecule has 7 heteroatoms. The lowest BCUT2D eigenvalue weighted by Crippen LogP contribution is -2.19. The minimum atomic E-state index is -0.592. The number of carbonyl (C=O) groups is 1. The van der Waals surface area contributed by atoms with Crippen molar-refractivity contribution in [1.82, 2.24) is 15.1 Å². The van der Waals surface area contributed by atoms with Crippen LogP contribution in [0.1, 0.15) is 17.5 Å². The Morgan fingerprint density at radius 1 is 1.44 bits per heavy atom. The van der Waals surface area contributed by atoms with E-state index in [1.807, 2.05) is 54.5 Å². The van der Waals surface area contributed by atoms with Crippen LogP contribution >= 0.6 is 11.3 Å². The van der Waals surface area contributed by atoms with Crippen molar-refractivity contribution in [3.8, 4) is 0 Å². The van der Waals surface area contributed by atoms with E-state index in [1.54, 1.807) is 11.6 Å². The number of hydrogen-bond donors (Lipinski definition) is 2. The maximum absolute atomic E-state index is 11.1. The summed E-state index contributed by atoms with van der Waals surface area (Å²) in [4.78, 5) is 13.0. The number of primary amides is 1. The third-order valence-electron chi connectivity index (χ3n) is 3.60. The van der Waals surface area contributed by atoms with Gasteiger partial charge in [0, 0.05) is 34.4 Å². The molecule has 0 aliphatic carbocycles. The first-order valence-corrected chi connectivity index (χ1v) is 8.44. The largest absolute Gasteiger partial charge is 0.351 e. The third kappa shape index (κ3) is 3.67. The normalized spacial score (nSPS) is 14.4. The number of aromatic nitrogens is 2. The fourth-order valence-electron chi connectivity index (χ4n) is 2.56. The molecule has 2 heterocycles. The molecule has 6 nitrogen and oxygen atoms in total. The molecule has 0 atom stereocenters. The number of nitrogens with two attached hydrogens (primary N) is 1. The summed E-state index contributed by atoms with van der Waals surface area (Å²) in [5.41, 5.74) is 11.2. The van der Waals surface area contributed by atoms with Gasteiger partial charge in [-0.2, -0.15) is 0 Å². The predicted octanol–water partition coefficient (Wildman–Crippen LogP) is 3.82. The maximum atomic E-state index is 11.1. The summed E-state index contributed by atoms with van der Waals surface area (Å²) in [7, 11) is 0. The molecule has 25 heavy (non-hydrogen) atoms. The van der Waals surface area contributed by atoms with Gasteiger partial charge in [0.15, 0.2) is 0 Å². The molecular weight excluding hydrogens is 334 g/mol. The Kier molecular flexibility index (Phi) is 4.76. The van der Waals surface area contributed by atoms with Crippen molar-refractivity contribution < 1.29 is 4.79 Å². The van der Waals surface area contributed by atoms with E-state index in [2.05, 4.69) is 22.1 Å². The van der Waals surface area contributed by atoms with Crippen molar-refractivity contribution >= 4 is 34.3 Å². The standard InChI is InChI=1S/C18H17N5OS/c1-3-16(13-5-4-6-15(10-13)21-18(19)24)23-8-7-14(9-12(23)2)17-22-20-11-25-17/h3-11H,2H2,1H3,(H3,19,21,24)/b16-3-. The molecule has 0 fully saturated rings. The molecule has 0 radical (unpaired) electrons. The van der Waals surface area contributed by atoms with Crippen molar-refractivity contribution in [2.75, 3.05) is 5.32 Å². The van der Waals surface area contributed by atoms with Crippen molar-refractivity contribution in [2.24, 2.45) is 5.73 Å². The third-order valence-corrected chi connectivity index (χ3v) is 4.34. The molecule has 0 saturated heterocycles. The van der Waals surface area contributed by atoms with Crippen LogP contribution < -0.4 is 11.1 Å². The highest BCUT2D eigenvalue weighted by molar-refractivity contribution is 7.10. The molecule has 0 bridgehead atoms. The Morgan fingerprint density at radius 3 is 2.92 bits per heavy atom. The zero-order valence-corrected chi connectivity index (χ0v) is 14.5. The van der Waals surface area contributed by atoms with Crippen molar-refractivity contribution in [1.29, 1.82) is 0 Å². The predicted molar refractivity (Wildman–Crippen MR) is 101 cm³/mol. The van der Waals surface area contributed by atoms with Gasteiger partial charge in [-0.05, 0) is 31.2 Å². The van der Waals surface area contributed by atoms with Gasteiger partial charge in [-0.3, -0.25) is 0 Å². The van der Waals surface area contributed by atoms with Crippen molar-refractivity contribution in [3.05, 3.63) is 77.1 Å². The van der Waals surface area contributed by atoms with Crippen LogP contribution in [0.3, 0.4) is 0 Å². The number of urea groups is 1. The van der Waals surface area contributed by atoms with Crippen LogP contribution in [0.25, 0.3) is 11.3 Å². The fourth-order valence-corrected chi connectivity index (χ4v) is 3.11. The first-order valence-electron chi connectivity index (χ1n) is 7.56. The lowest BCUT2D eigenvalue weighted by molar-refractivity contribution is 0.259. The highest BCUT2D eigenvalue weighted by atomic mass is 32.1. The zero-order valence-electron chi connectivity index (χ0n) is 13.6. The highest BCUT2D eigenvalue weighted by Gasteiger charge is 2.16. The number of rotatable bonds is 4. The van der Waals surface area contributed by atoms with Gasteiger partial charge in [0.2, 0.25) is 0 Å². The van der Waals surface area contributed by atoms with E-state index in [0.29, 0.717) is 5.69 Å². The van der Waals surface area contributed by atoms with Crippen LogP contribution in [-0.2, 0) is 0 Å². The number of allylic oxidation sites excluding steroid dienone is 4. The van der Waals surface area contributed by atoms with E-state index in [-0.39, 0.29) is 0 Å². The summed E-state index contributed by atoms with van der Waals surface area (Å²) in [6.45, 7) is 6.10. The molecule has 3 rings (SSSR count). The second kappa shape index (κ2) is 7.14. The van der Waals surface area contributed by atoms with E-state index < -0.39 is 6.03 Å². The molecule has 0 saturated carbocycles. The van der Waals surface area contributed by atoms with Crippen LogP contribution in [-0.4, -0.2) is 21.1 Å².